The molecule has 3 aliphatic heterocycles. The normalized spacial score (nSPS) is 25.7. The van der Waals surface area contributed by atoms with Gasteiger partial charge in [-0.25, -0.2) is 4.79 Å². The van der Waals surface area contributed by atoms with Gasteiger partial charge in [0.1, 0.15) is 24.2 Å². The van der Waals surface area contributed by atoms with E-state index in [0.29, 0.717) is 0 Å². The van der Waals surface area contributed by atoms with Crippen LogP contribution in [0.5, 0.6) is 5.75 Å². The Balaban J connectivity index is 1.41. The molecule has 0 aromatic heterocycles. The number of likely N-dealkylation sites (N-methyl/N-ethyl adjacent to an activating group) is 1. The molecule has 3 unspecified atom stereocenters. The predicted molar refractivity (Wildman–Crippen MR) is 124 cm³/mol. The third-order valence-electron chi connectivity index (χ3n) is 6.53. The van der Waals surface area contributed by atoms with Crippen LogP contribution in [-0.4, -0.2) is 72.4 Å². The Morgan fingerprint density at radius 2 is 1.78 bits per heavy atom. The number of benzene rings is 2. The van der Waals surface area contributed by atoms with Gasteiger partial charge in [0.15, 0.2) is 0 Å². The summed E-state index contributed by atoms with van der Waals surface area (Å²) in [6.07, 6.45) is 0.421. The quantitative estimate of drug-likeness (QED) is 0.697. The summed E-state index contributed by atoms with van der Waals surface area (Å²) < 4.78 is 6.25. The van der Waals surface area contributed by atoms with E-state index in [1.54, 1.807) is 19.1 Å². The number of halogens is 1. The number of nitrogens with zero attached hydrogens (tertiary/aromatic N) is 4. The molecule has 0 saturated carbocycles. The molecule has 9 heteroatoms. The maximum Gasteiger partial charge on any atom is 0.328 e. The molecular weight excluding hydrogens is 474 g/mol. The number of nitrogens with one attached hydrogen (secondary N) is 1. The number of fused-ring (bicyclic) bond motifs is 3. The highest BCUT2D eigenvalue weighted by Crippen LogP contribution is 2.34. The number of hydrogen-bond donors (Lipinski definition) is 1. The standard InChI is InChI=1S/C23H26BrN5O3/c1-26-20-19(21(30)29(23(26)31)14-15-4-6-16(24)7-5-15)28-13-3-12-27(22(28)25-20)17-8-10-18(32-2)11-9-17/h4-11,19-20,22,25H,3,12-14H2,1-2H3. The van der Waals surface area contributed by atoms with E-state index in [9.17, 15) is 9.59 Å². The van der Waals surface area contributed by atoms with Crippen LogP contribution < -0.4 is 15.0 Å². The minimum Gasteiger partial charge on any atom is -0.497 e. The first kappa shape index (κ1) is 21.2. The summed E-state index contributed by atoms with van der Waals surface area (Å²) in [6.45, 7) is 1.93. The molecule has 3 atom stereocenters. The van der Waals surface area contributed by atoms with E-state index in [-0.39, 0.29) is 30.9 Å². The molecule has 3 aliphatic rings. The molecular formula is C23H26BrN5O3. The Kier molecular flexibility index (Phi) is 5.56. The van der Waals surface area contributed by atoms with Gasteiger partial charge in [-0.15, -0.1) is 0 Å². The van der Waals surface area contributed by atoms with Gasteiger partial charge in [0.25, 0.3) is 5.91 Å². The van der Waals surface area contributed by atoms with E-state index in [0.717, 1.165) is 41.0 Å². The van der Waals surface area contributed by atoms with E-state index in [2.05, 4.69) is 31.0 Å². The summed E-state index contributed by atoms with van der Waals surface area (Å²) in [5.74, 6) is 0.660. The third kappa shape index (κ3) is 3.54. The zero-order chi connectivity index (χ0) is 22.4. The van der Waals surface area contributed by atoms with Gasteiger partial charge in [-0.1, -0.05) is 28.1 Å². The molecule has 0 radical (unpaired) electrons. The second-order valence-corrected chi connectivity index (χ2v) is 9.27. The zero-order valence-electron chi connectivity index (χ0n) is 18.1. The molecule has 5 rings (SSSR count). The Labute approximate surface area is 195 Å². The van der Waals surface area contributed by atoms with Crippen LogP contribution in [0.25, 0.3) is 0 Å². The monoisotopic (exact) mass is 499 g/mol. The van der Waals surface area contributed by atoms with Gasteiger partial charge >= 0.3 is 6.03 Å². The molecule has 2 aromatic rings. The van der Waals surface area contributed by atoms with Crippen LogP contribution in [0.1, 0.15) is 12.0 Å². The maximum absolute atomic E-state index is 13.6. The molecule has 8 nitrogen and oxygen atoms in total. The van der Waals surface area contributed by atoms with Gasteiger partial charge in [0.05, 0.1) is 13.7 Å². The number of carbonyl (C=O) groups excluding carboxylic acids is 2. The number of ether oxygens (including phenoxy) is 1. The summed E-state index contributed by atoms with van der Waals surface area (Å²) in [5.41, 5.74) is 1.97. The first-order valence-corrected chi connectivity index (χ1v) is 11.5. The van der Waals surface area contributed by atoms with Crippen LogP contribution in [0.2, 0.25) is 0 Å². The van der Waals surface area contributed by atoms with Crippen molar-refractivity contribution in [3.05, 3.63) is 58.6 Å². The number of anilines is 1. The Morgan fingerprint density at radius 3 is 2.47 bits per heavy atom. The molecule has 0 bridgehead atoms. The molecule has 32 heavy (non-hydrogen) atoms. The average molecular weight is 500 g/mol. The lowest BCUT2D eigenvalue weighted by Gasteiger charge is -2.44. The largest absolute Gasteiger partial charge is 0.497 e. The Bertz CT molecular complexity index is 1020. The molecule has 3 fully saturated rings. The number of urea groups is 1. The molecule has 2 aromatic carbocycles. The number of rotatable bonds is 4. The molecule has 0 aliphatic carbocycles. The fourth-order valence-corrected chi connectivity index (χ4v) is 5.14. The van der Waals surface area contributed by atoms with Crippen molar-refractivity contribution in [3.63, 3.8) is 0 Å². The fraction of sp³-hybridized carbons (Fsp3) is 0.391. The van der Waals surface area contributed by atoms with Crippen molar-refractivity contribution < 1.29 is 14.3 Å². The van der Waals surface area contributed by atoms with Crippen molar-refractivity contribution >= 4 is 33.6 Å². The van der Waals surface area contributed by atoms with E-state index in [1.165, 1.54) is 4.90 Å². The number of methoxy groups -OCH3 is 1. The number of amides is 3. The Hall–Kier alpha value is -2.62. The summed E-state index contributed by atoms with van der Waals surface area (Å²) in [6, 6.07) is 15.0. The predicted octanol–water partition coefficient (Wildman–Crippen LogP) is 2.65. The lowest BCUT2D eigenvalue weighted by atomic mass is 10.1. The molecule has 1 N–H and O–H groups in total. The highest BCUT2D eigenvalue weighted by Gasteiger charge is 2.56. The second kappa shape index (κ2) is 8.38. The minimum absolute atomic E-state index is 0.146. The first-order chi connectivity index (χ1) is 15.5. The van der Waals surface area contributed by atoms with Crippen molar-refractivity contribution in [1.29, 1.82) is 0 Å². The first-order valence-electron chi connectivity index (χ1n) is 10.7. The van der Waals surface area contributed by atoms with Gasteiger partial charge in [-0.05, 0) is 48.4 Å². The van der Waals surface area contributed by atoms with E-state index in [1.807, 2.05) is 48.5 Å². The zero-order valence-corrected chi connectivity index (χ0v) is 19.7. The summed E-state index contributed by atoms with van der Waals surface area (Å²) in [7, 11) is 3.42. The topological polar surface area (TPSA) is 68.4 Å². The second-order valence-electron chi connectivity index (χ2n) is 8.36. The van der Waals surface area contributed by atoms with Crippen LogP contribution >= 0.6 is 15.9 Å². The molecule has 3 saturated heterocycles. The Morgan fingerprint density at radius 1 is 1.06 bits per heavy atom. The average Bonchev–Trinajstić information content (AvgIpc) is 3.22. The SMILES string of the molecule is COc1ccc(N2CCCN3C4C(=O)N(Cc5ccc(Br)cc5)C(=O)N(C)C4NC23)cc1. The van der Waals surface area contributed by atoms with Crippen molar-refractivity contribution in [2.45, 2.75) is 31.5 Å². The van der Waals surface area contributed by atoms with E-state index in [4.69, 9.17) is 4.74 Å². The van der Waals surface area contributed by atoms with Crippen molar-refractivity contribution in [2.75, 3.05) is 32.1 Å². The molecule has 0 spiro atoms. The lowest BCUT2D eigenvalue weighted by Crippen LogP contribution is -2.66. The van der Waals surface area contributed by atoms with Gasteiger partial charge in [-0.2, -0.15) is 0 Å². The van der Waals surface area contributed by atoms with Crippen LogP contribution in [0, 0.1) is 0 Å². The van der Waals surface area contributed by atoms with Gasteiger partial charge < -0.3 is 14.5 Å². The highest BCUT2D eigenvalue weighted by molar-refractivity contribution is 9.10. The minimum atomic E-state index is -0.417. The molecule has 3 heterocycles. The smallest absolute Gasteiger partial charge is 0.328 e. The van der Waals surface area contributed by atoms with Gasteiger partial charge in [-0.3, -0.25) is 19.9 Å². The van der Waals surface area contributed by atoms with Gasteiger partial charge in [0, 0.05) is 30.3 Å². The van der Waals surface area contributed by atoms with Crippen LogP contribution in [0.15, 0.2) is 53.0 Å². The van der Waals surface area contributed by atoms with E-state index < -0.39 is 6.04 Å². The number of hydrogen-bond acceptors (Lipinski definition) is 6. The van der Waals surface area contributed by atoms with Gasteiger partial charge in [0.2, 0.25) is 0 Å². The van der Waals surface area contributed by atoms with Crippen molar-refractivity contribution in [3.8, 4) is 5.75 Å². The summed E-state index contributed by atoms with van der Waals surface area (Å²) >= 11 is 3.43. The summed E-state index contributed by atoms with van der Waals surface area (Å²) in [5, 5.41) is 3.55. The van der Waals surface area contributed by atoms with Crippen LogP contribution in [0.3, 0.4) is 0 Å². The number of carbonyl (C=O) groups is 2. The van der Waals surface area contributed by atoms with Crippen LogP contribution in [0.4, 0.5) is 10.5 Å². The third-order valence-corrected chi connectivity index (χ3v) is 7.06. The lowest BCUT2D eigenvalue weighted by molar-refractivity contribution is -0.139. The highest BCUT2D eigenvalue weighted by atomic mass is 79.9. The molecule has 168 valence electrons. The maximum atomic E-state index is 13.6. The molecule has 3 amide bonds. The fourth-order valence-electron chi connectivity index (χ4n) is 4.88. The van der Waals surface area contributed by atoms with Crippen molar-refractivity contribution in [1.82, 2.24) is 20.0 Å². The van der Waals surface area contributed by atoms with E-state index >= 15 is 0 Å². The van der Waals surface area contributed by atoms with Crippen LogP contribution in [-0.2, 0) is 11.3 Å². The van der Waals surface area contributed by atoms with Crippen molar-refractivity contribution in [2.24, 2.45) is 0 Å². The number of imide groups is 1. The summed E-state index contributed by atoms with van der Waals surface area (Å²) in [4.78, 5) is 34.2.